The molecule has 0 saturated heterocycles. The van der Waals surface area contributed by atoms with Gasteiger partial charge in [0.15, 0.2) is 0 Å². The first-order chi connectivity index (χ1) is 13.1. The van der Waals surface area contributed by atoms with Crippen molar-refractivity contribution in [2.24, 2.45) is 0 Å². The molecule has 130 valence electrons. The number of H-pyrrole nitrogens is 2. The van der Waals surface area contributed by atoms with Gasteiger partial charge in [-0.1, -0.05) is 0 Å². The summed E-state index contributed by atoms with van der Waals surface area (Å²) in [6.45, 7) is 0. The van der Waals surface area contributed by atoms with Crippen LogP contribution in [0.4, 0.5) is 0 Å². The van der Waals surface area contributed by atoms with Crippen LogP contribution in [-0.2, 0) is 0 Å². The number of carbonyl (C=O) groups excluding carboxylic acids is 2. The molecule has 3 N–H and O–H groups in total. The Balaban J connectivity index is 2.00. The molecule has 4 heterocycles. The van der Waals surface area contributed by atoms with Crippen molar-refractivity contribution in [1.29, 1.82) is 0 Å². The minimum absolute atomic E-state index is 0.125. The summed E-state index contributed by atoms with van der Waals surface area (Å²) in [5.41, 5.74) is 3.59. The number of rotatable bonds is 0. The van der Waals surface area contributed by atoms with Crippen LogP contribution in [0.25, 0.3) is 43.7 Å². The summed E-state index contributed by atoms with van der Waals surface area (Å²) in [6.07, 6.45) is 1.68. The van der Waals surface area contributed by atoms with Gasteiger partial charge in [0, 0.05) is 40.9 Å². The lowest BCUT2D eigenvalue weighted by Gasteiger charge is -2.03. The van der Waals surface area contributed by atoms with Crippen LogP contribution in [0.3, 0.4) is 0 Å². The number of benzene rings is 2. The molecule has 27 heavy (non-hydrogen) atoms. The topological polar surface area (TPSA) is 102 Å². The van der Waals surface area contributed by atoms with Gasteiger partial charge in [-0.2, -0.15) is 0 Å². The zero-order valence-corrected chi connectivity index (χ0v) is 14.1. The number of aromatic hydroxyl groups is 1. The molecule has 0 saturated carbocycles. The Morgan fingerprint density at radius 1 is 0.963 bits per heavy atom. The largest absolute Gasteiger partial charge is 0.508 e. The Labute approximate surface area is 151 Å². The van der Waals surface area contributed by atoms with E-state index in [0.717, 1.165) is 26.7 Å². The summed E-state index contributed by atoms with van der Waals surface area (Å²) in [6, 6.07) is 8.63. The fourth-order valence-corrected chi connectivity index (χ4v) is 4.21. The zero-order valence-electron chi connectivity index (χ0n) is 14.1. The minimum Gasteiger partial charge on any atom is -0.508 e. The van der Waals surface area contributed by atoms with E-state index < -0.39 is 0 Å². The molecule has 6 rings (SSSR count). The van der Waals surface area contributed by atoms with Gasteiger partial charge in [0.25, 0.3) is 11.8 Å². The number of aromatic amines is 2. The highest BCUT2D eigenvalue weighted by Gasteiger charge is 2.38. The van der Waals surface area contributed by atoms with E-state index in [1.165, 1.54) is 7.05 Å². The van der Waals surface area contributed by atoms with Gasteiger partial charge in [-0.05, 0) is 24.3 Å². The van der Waals surface area contributed by atoms with Crippen molar-refractivity contribution in [3.63, 3.8) is 0 Å². The average Bonchev–Trinajstić information content (AvgIpc) is 3.28. The number of aromatic nitrogens is 3. The van der Waals surface area contributed by atoms with Crippen LogP contribution < -0.4 is 0 Å². The maximum atomic E-state index is 12.9. The summed E-state index contributed by atoms with van der Waals surface area (Å²) in [7, 11) is 1.50. The number of hydrogen-bond acceptors (Lipinski definition) is 4. The van der Waals surface area contributed by atoms with Gasteiger partial charge < -0.3 is 15.1 Å². The van der Waals surface area contributed by atoms with E-state index in [9.17, 15) is 14.7 Å². The van der Waals surface area contributed by atoms with Crippen LogP contribution in [0.15, 0.2) is 36.5 Å². The number of phenols is 1. The van der Waals surface area contributed by atoms with Gasteiger partial charge in [0.1, 0.15) is 11.4 Å². The smallest absolute Gasteiger partial charge is 0.262 e. The van der Waals surface area contributed by atoms with E-state index in [4.69, 9.17) is 0 Å². The summed E-state index contributed by atoms with van der Waals surface area (Å²) in [5, 5.41) is 12.8. The van der Waals surface area contributed by atoms with Gasteiger partial charge in [-0.15, -0.1) is 0 Å². The summed E-state index contributed by atoms with van der Waals surface area (Å²) < 4.78 is 0. The third kappa shape index (κ3) is 1.55. The normalized spacial score (nSPS) is 14.3. The third-order valence-electron chi connectivity index (χ3n) is 5.39. The van der Waals surface area contributed by atoms with E-state index in [1.54, 1.807) is 30.5 Å². The predicted octanol–water partition coefficient (Wildman–Crippen LogP) is 3.28. The maximum absolute atomic E-state index is 12.9. The van der Waals surface area contributed by atoms with Crippen molar-refractivity contribution in [1.82, 2.24) is 19.9 Å². The molecule has 7 heteroatoms. The monoisotopic (exact) mass is 356 g/mol. The Morgan fingerprint density at radius 3 is 2.44 bits per heavy atom. The molecule has 0 bridgehead atoms. The standard InChI is InChI=1S/C20H12N4O3/c1-24-19(26)14-12-9-5-4-8(25)7-11(9)22-16(12)17-13(15(14)20(24)27)10-3-2-6-21-18(10)23-17/h2-7,22,25H,1H3,(H,21,23). The van der Waals surface area contributed by atoms with Crippen LogP contribution >= 0.6 is 0 Å². The molecule has 5 aromatic rings. The summed E-state index contributed by atoms with van der Waals surface area (Å²) in [5.74, 6) is -0.520. The molecule has 1 aliphatic heterocycles. The van der Waals surface area contributed by atoms with Crippen molar-refractivity contribution in [2.45, 2.75) is 0 Å². The number of pyridine rings is 1. The summed E-state index contributed by atoms with van der Waals surface area (Å²) >= 11 is 0. The molecule has 1 aliphatic rings. The Kier molecular flexibility index (Phi) is 2.36. The maximum Gasteiger partial charge on any atom is 0.262 e. The Morgan fingerprint density at radius 2 is 1.67 bits per heavy atom. The molecule has 0 aliphatic carbocycles. The molecule has 0 unspecified atom stereocenters. The fourth-order valence-electron chi connectivity index (χ4n) is 4.21. The first kappa shape index (κ1) is 14.3. The molecule has 3 aromatic heterocycles. The van der Waals surface area contributed by atoms with E-state index in [-0.39, 0.29) is 17.6 Å². The van der Waals surface area contributed by atoms with Gasteiger partial charge in [0.05, 0.1) is 27.7 Å². The second-order valence-electron chi connectivity index (χ2n) is 6.80. The van der Waals surface area contributed by atoms with Crippen molar-refractivity contribution in [2.75, 3.05) is 7.05 Å². The summed E-state index contributed by atoms with van der Waals surface area (Å²) in [4.78, 5) is 38.0. The van der Waals surface area contributed by atoms with Crippen LogP contribution in [0.5, 0.6) is 5.75 Å². The van der Waals surface area contributed by atoms with Gasteiger partial charge in [0.2, 0.25) is 0 Å². The van der Waals surface area contributed by atoms with Crippen LogP contribution in [-0.4, -0.2) is 43.8 Å². The minimum atomic E-state index is -0.325. The molecule has 0 atom stereocenters. The van der Waals surface area contributed by atoms with E-state index in [2.05, 4.69) is 15.0 Å². The quantitative estimate of drug-likeness (QED) is 0.371. The second-order valence-corrected chi connectivity index (χ2v) is 6.80. The fraction of sp³-hybridized carbons (Fsp3) is 0.0500. The number of phenolic OH excluding ortho intramolecular Hbond substituents is 1. The van der Waals surface area contributed by atoms with Gasteiger partial charge in [-0.3, -0.25) is 14.5 Å². The predicted molar refractivity (Wildman–Crippen MR) is 101 cm³/mol. The third-order valence-corrected chi connectivity index (χ3v) is 5.39. The van der Waals surface area contributed by atoms with Crippen molar-refractivity contribution in [3.05, 3.63) is 47.7 Å². The molecular weight excluding hydrogens is 344 g/mol. The average molecular weight is 356 g/mol. The number of nitrogens with zero attached hydrogens (tertiary/aromatic N) is 2. The van der Waals surface area contributed by atoms with Crippen molar-refractivity contribution in [3.8, 4) is 5.75 Å². The molecule has 0 spiro atoms. The Bertz CT molecular complexity index is 1490. The highest BCUT2D eigenvalue weighted by molar-refractivity contribution is 6.38. The number of carbonyl (C=O) groups is 2. The number of imide groups is 1. The first-order valence-electron chi connectivity index (χ1n) is 8.45. The molecule has 2 aromatic carbocycles. The molecule has 7 nitrogen and oxygen atoms in total. The highest BCUT2D eigenvalue weighted by atomic mass is 16.3. The lowest BCUT2D eigenvalue weighted by molar-refractivity contribution is 0.0694. The highest BCUT2D eigenvalue weighted by Crippen LogP contribution is 2.43. The molecule has 0 radical (unpaired) electrons. The number of fused-ring (bicyclic) bond motifs is 10. The second kappa shape index (κ2) is 4.45. The number of amides is 2. The van der Waals surface area contributed by atoms with E-state index in [1.807, 2.05) is 6.07 Å². The van der Waals surface area contributed by atoms with Crippen LogP contribution in [0.1, 0.15) is 20.7 Å². The van der Waals surface area contributed by atoms with Gasteiger partial charge >= 0.3 is 0 Å². The SMILES string of the molecule is CN1C(=O)c2c(c3c4cccnc4[nH]c3c3[nH]c4cc(O)ccc4c23)C1=O. The number of hydrogen-bond donors (Lipinski definition) is 3. The van der Waals surface area contributed by atoms with Crippen LogP contribution in [0.2, 0.25) is 0 Å². The van der Waals surface area contributed by atoms with E-state index >= 15 is 0 Å². The lowest BCUT2D eigenvalue weighted by atomic mass is 9.97. The molecular formula is C20H12N4O3. The molecule has 0 fully saturated rings. The van der Waals surface area contributed by atoms with E-state index in [0.29, 0.717) is 33.1 Å². The lowest BCUT2D eigenvalue weighted by Crippen LogP contribution is -2.24. The Hall–Kier alpha value is -3.87. The first-order valence-corrected chi connectivity index (χ1v) is 8.45. The number of nitrogens with one attached hydrogen (secondary N) is 2. The van der Waals surface area contributed by atoms with Gasteiger partial charge in [-0.25, -0.2) is 4.98 Å². The van der Waals surface area contributed by atoms with Crippen molar-refractivity contribution < 1.29 is 14.7 Å². The zero-order chi connectivity index (χ0) is 18.4. The van der Waals surface area contributed by atoms with Crippen LogP contribution in [0, 0.1) is 0 Å². The molecule has 2 amide bonds. The van der Waals surface area contributed by atoms with Crippen molar-refractivity contribution >= 4 is 55.6 Å².